The zero-order chi connectivity index (χ0) is 22.5. The summed E-state index contributed by atoms with van der Waals surface area (Å²) in [6, 6.07) is 28.5. The molecule has 6 heteroatoms. The van der Waals surface area contributed by atoms with Crippen LogP contribution in [-0.2, 0) is 0 Å². The first-order valence-corrected chi connectivity index (χ1v) is 10.6. The van der Waals surface area contributed by atoms with Gasteiger partial charge in [0.25, 0.3) is 11.1 Å². The highest BCUT2D eigenvalue weighted by Crippen LogP contribution is 2.24. The van der Waals surface area contributed by atoms with Gasteiger partial charge in [0, 0.05) is 42.1 Å². The van der Waals surface area contributed by atoms with Crippen LogP contribution in [0.3, 0.4) is 0 Å². The van der Waals surface area contributed by atoms with Crippen molar-refractivity contribution in [1.29, 1.82) is 0 Å². The molecule has 0 aliphatic rings. The number of rotatable bonds is 5. The maximum absolute atomic E-state index is 12.7. The lowest BCUT2D eigenvalue weighted by atomic mass is 10.1. The fourth-order valence-electron chi connectivity index (χ4n) is 3.30. The van der Waals surface area contributed by atoms with Gasteiger partial charge in [-0.15, -0.1) is 0 Å². The van der Waals surface area contributed by atoms with Crippen molar-refractivity contribution in [2.45, 2.75) is 0 Å². The highest BCUT2D eigenvalue weighted by Gasteiger charge is 2.09. The lowest BCUT2D eigenvalue weighted by Crippen LogP contribution is -2.17. The third-order valence-corrected chi connectivity index (χ3v) is 5.18. The Hall–Kier alpha value is -3.90. The number of hydrogen-bond acceptors (Lipinski definition) is 4. The van der Waals surface area contributed by atoms with Crippen LogP contribution >= 0.6 is 12.2 Å². The molecule has 0 heterocycles. The van der Waals surface area contributed by atoms with Crippen molar-refractivity contribution in [3.63, 3.8) is 0 Å². The molecule has 4 rings (SSSR count). The quantitative estimate of drug-likeness (QED) is 0.376. The Labute approximate surface area is 192 Å². The van der Waals surface area contributed by atoms with Crippen molar-refractivity contribution in [1.82, 2.24) is 0 Å². The number of fused-ring (bicyclic) bond motifs is 1. The van der Waals surface area contributed by atoms with Crippen LogP contribution in [0.15, 0.2) is 91.0 Å². The molecule has 0 atom stereocenters. The van der Waals surface area contributed by atoms with Gasteiger partial charge in [-0.2, -0.15) is 0 Å². The van der Waals surface area contributed by atoms with Crippen LogP contribution in [0.5, 0.6) is 5.75 Å². The van der Waals surface area contributed by atoms with Gasteiger partial charge in [-0.05, 0) is 72.2 Å². The van der Waals surface area contributed by atoms with Crippen molar-refractivity contribution in [3.8, 4) is 5.75 Å². The van der Waals surface area contributed by atoms with E-state index in [1.807, 2.05) is 85.7 Å². The summed E-state index contributed by atoms with van der Waals surface area (Å²) in [6.45, 7) is 0. The molecule has 0 radical (unpaired) electrons. The third kappa shape index (κ3) is 5.04. The Morgan fingerprint density at radius 3 is 2.22 bits per heavy atom. The number of amides is 1. The monoisotopic (exact) mass is 441 g/mol. The van der Waals surface area contributed by atoms with Crippen LogP contribution < -0.4 is 20.3 Å². The van der Waals surface area contributed by atoms with Crippen molar-refractivity contribution >= 4 is 51.1 Å². The third-order valence-electron chi connectivity index (χ3n) is 4.99. The molecule has 4 aromatic rings. The van der Waals surface area contributed by atoms with E-state index in [2.05, 4.69) is 10.6 Å². The van der Waals surface area contributed by atoms with Crippen LogP contribution in [0.4, 0.5) is 17.1 Å². The van der Waals surface area contributed by atoms with Gasteiger partial charge in [0.2, 0.25) is 0 Å². The summed E-state index contributed by atoms with van der Waals surface area (Å²) >= 11 is 5.30. The number of carbonyl (C=O) groups is 1. The van der Waals surface area contributed by atoms with Gasteiger partial charge in [-0.25, -0.2) is 0 Å². The van der Waals surface area contributed by atoms with Crippen molar-refractivity contribution in [3.05, 3.63) is 96.6 Å². The second kappa shape index (κ2) is 9.49. The summed E-state index contributed by atoms with van der Waals surface area (Å²) in [5, 5.41) is 8.35. The molecule has 160 valence electrons. The molecule has 0 bridgehead atoms. The van der Waals surface area contributed by atoms with E-state index in [4.69, 9.17) is 17.0 Å². The minimum atomic E-state index is -0.186. The van der Waals surface area contributed by atoms with Crippen LogP contribution in [0.1, 0.15) is 10.4 Å². The second-order valence-corrected chi connectivity index (χ2v) is 7.83. The highest BCUT2D eigenvalue weighted by molar-refractivity contribution is 7.80. The zero-order valence-electron chi connectivity index (χ0n) is 17.8. The maximum atomic E-state index is 12.7. The Bertz CT molecular complexity index is 1250. The Morgan fingerprint density at radius 1 is 0.812 bits per heavy atom. The predicted octanol–water partition coefficient (Wildman–Crippen LogP) is 5.93. The van der Waals surface area contributed by atoms with Crippen molar-refractivity contribution < 1.29 is 9.53 Å². The smallest absolute Gasteiger partial charge is 0.266 e. The fourth-order valence-corrected chi connectivity index (χ4v) is 3.51. The number of nitrogens with zero attached hydrogens (tertiary/aromatic N) is 1. The largest absolute Gasteiger partial charge is 0.432 e. The predicted molar refractivity (Wildman–Crippen MR) is 136 cm³/mol. The number of nitrogens with one attached hydrogen (secondary N) is 2. The Balaban J connectivity index is 1.38. The molecular formula is C26H23N3O2S. The van der Waals surface area contributed by atoms with E-state index in [-0.39, 0.29) is 11.1 Å². The van der Waals surface area contributed by atoms with Crippen LogP contribution in [-0.4, -0.2) is 25.2 Å². The fraction of sp³-hybridized carbons (Fsp3) is 0.0769. The number of thiocarbonyl (C=S) groups is 1. The molecule has 0 unspecified atom stereocenters. The number of hydrogen-bond donors (Lipinski definition) is 2. The van der Waals surface area contributed by atoms with Gasteiger partial charge in [-0.1, -0.05) is 36.4 Å². The van der Waals surface area contributed by atoms with Crippen molar-refractivity contribution in [2.75, 3.05) is 29.6 Å². The van der Waals surface area contributed by atoms with E-state index in [1.54, 1.807) is 24.3 Å². The van der Waals surface area contributed by atoms with Gasteiger partial charge in [-0.3, -0.25) is 4.79 Å². The van der Waals surface area contributed by atoms with Crippen molar-refractivity contribution in [2.24, 2.45) is 0 Å². The van der Waals surface area contributed by atoms with E-state index in [0.29, 0.717) is 11.3 Å². The molecule has 2 N–H and O–H groups in total. The molecule has 0 aliphatic carbocycles. The van der Waals surface area contributed by atoms with Crippen LogP contribution in [0.2, 0.25) is 0 Å². The highest BCUT2D eigenvalue weighted by atomic mass is 32.1. The molecule has 0 aliphatic heterocycles. The molecule has 0 saturated heterocycles. The molecule has 1 amide bonds. The minimum Gasteiger partial charge on any atom is -0.432 e. The SMILES string of the molecule is CN(C)c1ccc(NC(=S)Oc2ccc(C(=O)Nc3cccc4ccccc34)cc2)cc1. The van der Waals surface area contributed by atoms with Crippen LogP contribution in [0, 0.1) is 0 Å². The first-order valence-electron chi connectivity index (χ1n) is 10.1. The summed E-state index contributed by atoms with van der Waals surface area (Å²) in [7, 11) is 3.98. The normalized spacial score (nSPS) is 10.4. The minimum absolute atomic E-state index is 0.186. The van der Waals surface area contributed by atoms with E-state index in [9.17, 15) is 4.79 Å². The molecule has 4 aromatic carbocycles. The average molecular weight is 442 g/mol. The van der Waals surface area contributed by atoms with Gasteiger partial charge in [0.1, 0.15) is 5.75 Å². The zero-order valence-corrected chi connectivity index (χ0v) is 18.6. The molecule has 0 spiro atoms. The first kappa shape index (κ1) is 21.3. The summed E-state index contributed by atoms with van der Waals surface area (Å²) < 4.78 is 5.68. The molecular weight excluding hydrogens is 418 g/mol. The summed E-state index contributed by atoms with van der Waals surface area (Å²) in [5.41, 5.74) is 3.24. The molecule has 5 nitrogen and oxygen atoms in total. The lowest BCUT2D eigenvalue weighted by Gasteiger charge is -2.14. The topological polar surface area (TPSA) is 53.6 Å². The molecule has 0 fully saturated rings. The molecule has 0 saturated carbocycles. The van der Waals surface area contributed by atoms with Gasteiger partial charge < -0.3 is 20.3 Å². The summed E-state index contributed by atoms with van der Waals surface area (Å²) in [5.74, 6) is 0.365. The van der Waals surface area contributed by atoms with Crippen LogP contribution in [0.25, 0.3) is 10.8 Å². The number of benzene rings is 4. The molecule has 0 aromatic heterocycles. The first-order chi connectivity index (χ1) is 15.5. The molecule has 32 heavy (non-hydrogen) atoms. The number of ether oxygens (including phenoxy) is 1. The number of carbonyl (C=O) groups excluding carboxylic acids is 1. The van der Waals surface area contributed by atoms with E-state index in [1.165, 1.54) is 0 Å². The standard InChI is InChI=1S/C26H23N3O2S/c1-29(2)21-14-12-20(13-15-21)27-26(32)31-22-16-10-19(11-17-22)25(30)28-24-9-5-7-18-6-3-4-8-23(18)24/h3-17H,1-2H3,(H,27,32)(H,28,30). The summed E-state index contributed by atoms with van der Waals surface area (Å²) in [6.07, 6.45) is 0. The number of anilines is 3. The average Bonchev–Trinajstić information content (AvgIpc) is 2.80. The maximum Gasteiger partial charge on any atom is 0.266 e. The van der Waals surface area contributed by atoms with E-state index < -0.39 is 0 Å². The van der Waals surface area contributed by atoms with Gasteiger partial charge in [0.15, 0.2) is 0 Å². The summed E-state index contributed by atoms with van der Waals surface area (Å²) in [4.78, 5) is 14.7. The van der Waals surface area contributed by atoms with Gasteiger partial charge in [0.05, 0.1) is 0 Å². The second-order valence-electron chi connectivity index (χ2n) is 7.46. The van der Waals surface area contributed by atoms with E-state index in [0.717, 1.165) is 27.8 Å². The van der Waals surface area contributed by atoms with Gasteiger partial charge >= 0.3 is 0 Å². The Morgan fingerprint density at radius 2 is 1.50 bits per heavy atom. The lowest BCUT2D eigenvalue weighted by molar-refractivity contribution is 0.102. The Kier molecular flexibility index (Phi) is 6.33. The van der Waals surface area contributed by atoms with E-state index >= 15 is 0 Å².